The second-order valence-corrected chi connectivity index (χ2v) is 5.42. The van der Waals surface area contributed by atoms with E-state index in [4.69, 9.17) is 23.2 Å². The largest absolute Gasteiger partial charge is 0.220 e. The van der Waals surface area contributed by atoms with E-state index in [1.807, 2.05) is 13.8 Å². The van der Waals surface area contributed by atoms with Crippen LogP contribution in [0, 0.1) is 0 Å². The predicted octanol–water partition coefficient (Wildman–Crippen LogP) is 4.16. The molecular weight excluding hydrogens is 251 g/mol. The first-order chi connectivity index (χ1) is 7.06. The number of hydrogen-bond acceptors (Lipinski definition) is 3. The molecule has 0 atom stereocenters. The number of nitrogens with zero attached hydrogens (tertiary/aromatic N) is 2. The average Bonchev–Trinajstić information content (AvgIpc) is 2.12. The normalized spacial score (nSPS) is 11.1. The highest BCUT2D eigenvalue weighted by Crippen LogP contribution is 2.29. The first kappa shape index (κ1) is 13.1. The van der Waals surface area contributed by atoms with Gasteiger partial charge >= 0.3 is 0 Å². The van der Waals surface area contributed by atoms with Crippen molar-refractivity contribution in [2.45, 2.75) is 32.4 Å². The summed E-state index contributed by atoms with van der Waals surface area (Å²) in [5.74, 6) is 2.75. The molecule has 0 N–H and O–H groups in total. The molecule has 0 unspecified atom stereocenters. The summed E-state index contributed by atoms with van der Waals surface area (Å²) in [6.07, 6.45) is 0. The molecule has 0 aliphatic carbocycles. The zero-order valence-corrected chi connectivity index (χ0v) is 11.4. The molecule has 0 saturated heterocycles. The van der Waals surface area contributed by atoms with Crippen LogP contribution in [0.1, 0.15) is 38.1 Å². The van der Waals surface area contributed by atoms with Gasteiger partial charge in [-0.05, 0) is 11.7 Å². The van der Waals surface area contributed by atoms with Gasteiger partial charge in [0.15, 0.2) is 0 Å². The van der Waals surface area contributed by atoms with Gasteiger partial charge in [0.2, 0.25) is 0 Å². The smallest absolute Gasteiger partial charge is 0.141 e. The molecule has 1 heterocycles. The van der Waals surface area contributed by atoms with Crippen LogP contribution in [-0.4, -0.2) is 15.7 Å². The highest BCUT2D eigenvalue weighted by molar-refractivity contribution is 7.98. The Balaban J connectivity index is 2.97. The molecule has 1 aromatic rings. The van der Waals surface area contributed by atoms with Gasteiger partial charge < -0.3 is 0 Å². The maximum atomic E-state index is 6.06. The molecule has 15 heavy (non-hydrogen) atoms. The van der Waals surface area contributed by atoms with E-state index in [-0.39, 0.29) is 5.92 Å². The summed E-state index contributed by atoms with van der Waals surface area (Å²) in [5.41, 5.74) is 0.837. The first-order valence-corrected chi connectivity index (χ1v) is 6.76. The van der Waals surface area contributed by atoms with E-state index < -0.39 is 0 Å². The Morgan fingerprint density at radius 1 is 1.20 bits per heavy atom. The van der Waals surface area contributed by atoms with Gasteiger partial charge in [-0.3, -0.25) is 0 Å². The number of aromatic nitrogens is 2. The van der Waals surface area contributed by atoms with Crippen molar-refractivity contribution in [3.63, 3.8) is 0 Å². The minimum absolute atomic E-state index is 0.248. The van der Waals surface area contributed by atoms with Crippen LogP contribution in [0.3, 0.4) is 0 Å². The molecule has 2 nitrogen and oxygen atoms in total. The Bertz CT molecular complexity index is 319. The van der Waals surface area contributed by atoms with Crippen LogP contribution in [0.25, 0.3) is 0 Å². The third-order valence-corrected chi connectivity index (χ3v) is 3.36. The Hall–Kier alpha value is 0.01000. The van der Waals surface area contributed by atoms with Crippen molar-refractivity contribution in [2.24, 2.45) is 0 Å². The predicted molar refractivity (Wildman–Crippen MR) is 68.0 cm³/mol. The summed E-state index contributed by atoms with van der Waals surface area (Å²) in [6, 6.07) is 0. The summed E-state index contributed by atoms with van der Waals surface area (Å²) >= 11 is 13.9. The fraction of sp³-hybridized carbons (Fsp3) is 0.600. The summed E-state index contributed by atoms with van der Waals surface area (Å²) in [5, 5.41) is 0.966. The molecule has 5 heteroatoms. The molecule has 0 aromatic carbocycles. The van der Waals surface area contributed by atoms with Crippen LogP contribution in [0.15, 0.2) is 0 Å². The summed E-state index contributed by atoms with van der Waals surface area (Å²) in [7, 11) is 0. The minimum Gasteiger partial charge on any atom is -0.220 e. The van der Waals surface area contributed by atoms with E-state index in [2.05, 4.69) is 16.9 Å². The Kier molecular flexibility index (Phi) is 5.16. The number of hydrogen-bond donors (Lipinski definition) is 0. The van der Waals surface area contributed by atoms with Crippen molar-refractivity contribution in [2.75, 3.05) is 5.75 Å². The summed E-state index contributed by atoms with van der Waals surface area (Å²) < 4.78 is 0. The lowest BCUT2D eigenvalue weighted by molar-refractivity contribution is 0.837. The number of thioether (sulfide) groups is 1. The second kappa shape index (κ2) is 5.92. The van der Waals surface area contributed by atoms with E-state index in [1.165, 1.54) is 0 Å². The molecule has 0 radical (unpaired) electrons. The van der Waals surface area contributed by atoms with Gasteiger partial charge in [-0.25, -0.2) is 9.97 Å². The fourth-order valence-corrected chi connectivity index (χ4v) is 2.57. The van der Waals surface area contributed by atoms with Crippen molar-refractivity contribution >= 4 is 35.0 Å². The highest BCUT2D eigenvalue weighted by atomic mass is 35.5. The van der Waals surface area contributed by atoms with Gasteiger partial charge in [-0.15, -0.1) is 0 Å². The zero-order chi connectivity index (χ0) is 11.4. The maximum Gasteiger partial charge on any atom is 0.141 e. The van der Waals surface area contributed by atoms with Crippen LogP contribution >= 0.6 is 35.0 Å². The molecule has 0 saturated carbocycles. The Labute approximate surface area is 105 Å². The lowest BCUT2D eigenvalue weighted by Gasteiger charge is -2.10. The van der Waals surface area contributed by atoms with E-state index in [0.29, 0.717) is 16.1 Å². The van der Waals surface area contributed by atoms with Crippen LogP contribution < -0.4 is 0 Å². The fourth-order valence-electron chi connectivity index (χ4n) is 1.19. The van der Waals surface area contributed by atoms with E-state index in [1.54, 1.807) is 11.8 Å². The Morgan fingerprint density at radius 3 is 2.13 bits per heavy atom. The van der Waals surface area contributed by atoms with Gasteiger partial charge in [-0.2, -0.15) is 11.8 Å². The van der Waals surface area contributed by atoms with Crippen molar-refractivity contribution in [1.29, 1.82) is 0 Å². The third-order valence-electron chi connectivity index (χ3n) is 1.91. The summed E-state index contributed by atoms with van der Waals surface area (Å²) in [4.78, 5) is 8.48. The van der Waals surface area contributed by atoms with Crippen LogP contribution in [0.2, 0.25) is 10.3 Å². The molecule has 0 spiro atoms. The molecule has 0 aliphatic rings. The van der Waals surface area contributed by atoms with Crippen LogP contribution in [-0.2, 0) is 5.75 Å². The van der Waals surface area contributed by atoms with Gasteiger partial charge in [0.05, 0.1) is 5.75 Å². The van der Waals surface area contributed by atoms with Crippen LogP contribution in [0.5, 0.6) is 0 Å². The quantitative estimate of drug-likeness (QED) is 0.764. The van der Waals surface area contributed by atoms with Gasteiger partial charge in [0.25, 0.3) is 0 Å². The topological polar surface area (TPSA) is 25.8 Å². The van der Waals surface area contributed by atoms with E-state index in [0.717, 1.165) is 17.1 Å². The zero-order valence-electron chi connectivity index (χ0n) is 9.05. The van der Waals surface area contributed by atoms with Crippen molar-refractivity contribution in [3.05, 3.63) is 21.7 Å². The second-order valence-electron chi connectivity index (χ2n) is 3.43. The molecule has 0 aliphatic heterocycles. The van der Waals surface area contributed by atoms with Gasteiger partial charge in [-0.1, -0.05) is 44.0 Å². The first-order valence-electron chi connectivity index (χ1n) is 4.85. The molecule has 0 amide bonds. The van der Waals surface area contributed by atoms with Crippen molar-refractivity contribution < 1.29 is 0 Å². The molecule has 84 valence electrons. The van der Waals surface area contributed by atoms with Crippen LogP contribution in [0.4, 0.5) is 0 Å². The molecule has 0 fully saturated rings. The summed E-state index contributed by atoms with van der Waals surface area (Å²) in [6.45, 7) is 6.14. The maximum absolute atomic E-state index is 6.06. The molecule has 1 aromatic heterocycles. The minimum atomic E-state index is 0.248. The van der Waals surface area contributed by atoms with E-state index >= 15 is 0 Å². The SMILES string of the molecule is CCSCc1nc(Cl)c(C(C)C)c(Cl)n1. The monoisotopic (exact) mass is 264 g/mol. The van der Waals surface area contributed by atoms with Gasteiger partial charge in [0, 0.05) is 5.56 Å². The lowest BCUT2D eigenvalue weighted by atomic mass is 10.1. The highest BCUT2D eigenvalue weighted by Gasteiger charge is 2.14. The number of halogens is 2. The molecule has 1 rings (SSSR count). The standard InChI is InChI=1S/C10H14Cl2N2S/c1-4-15-5-7-13-9(11)8(6(2)3)10(12)14-7/h6H,4-5H2,1-3H3. The molecule has 0 bridgehead atoms. The Morgan fingerprint density at radius 2 is 1.73 bits per heavy atom. The van der Waals surface area contributed by atoms with Crippen molar-refractivity contribution in [3.8, 4) is 0 Å². The van der Waals surface area contributed by atoms with Crippen molar-refractivity contribution in [1.82, 2.24) is 9.97 Å². The number of rotatable bonds is 4. The average molecular weight is 265 g/mol. The third kappa shape index (κ3) is 3.51. The molecular formula is C10H14Cl2N2S. The van der Waals surface area contributed by atoms with E-state index in [9.17, 15) is 0 Å². The van der Waals surface area contributed by atoms with Gasteiger partial charge in [0.1, 0.15) is 16.1 Å². The lowest BCUT2D eigenvalue weighted by Crippen LogP contribution is -2.01.